The van der Waals surface area contributed by atoms with Gasteiger partial charge in [0, 0.05) is 26.7 Å². The second-order valence-corrected chi connectivity index (χ2v) is 6.31. The van der Waals surface area contributed by atoms with Gasteiger partial charge < -0.3 is 15.4 Å². The molecule has 1 amide bonds. The van der Waals surface area contributed by atoms with E-state index in [0.29, 0.717) is 19.1 Å². The summed E-state index contributed by atoms with van der Waals surface area (Å²) in [6.07, 6.45) is 0.846. The molecule has 0 fully saturated rings. The van der Waals surface area contributed by atoms with Crippen LogP contribution in [0.1, 0.15) is 34.2 Å². The molecule has 1 heterocycles. The fraction of sp³-hybridized carbons (Fsp3) is 0.714. The molecule has 22 heavy (non-hydrogen) atoms. The van der Waals surface area contributed by atoms with E-state index in [1.54, 1.807) is 7.11 Å². The van der Waals surface area contributed by atoms with Crippen LogP contribution in [0.5, 0.6) is 0 Å². The van der Waals surface area contributed by atoms with E-state index in [4.69, 9.17) is 4.74 Å². The van der Waals surface area contributed by atoms with Gasteiger partial charge in [0.2, 0.25) is 0 Å². The Kier molecular flexibility index (Phi) is 14.2. The molecule has 0 bridgehead atoms. The van der Waals surface area contributed by atoms with Crippen LogP contribution >= 0.6 is 36.2 Å². The van der Waals surface area contributed by atoms with Crippen LogP contribution in [0.25, 0.3) is 0 Å². The first kappa shape index (κ1) is 23.9. The molecule has 0 saturated carbocycles. The predicted octanol–water partition coefficient (Wildman–Crippen LogP) is 2.46. The molecule has 1 aromatic rings. The van der Waals surface area contributed by atoms with Gasteiger partial charge in [0.1, 0.15) is 4.88 Å². The molecular weight excluding hydrogens is 345 g/mol. The maximum absolute atomic E-state index is 12.2. The van der Waals surface area contributed by atoms with Crippen LogP contribution in [0.2, 0.25) is 0 Å². The maximum Gasteiger partial charge on any atom is 0.263 e. The van der Waals surface area contributed by atoms with Crippen molar-refractivity contribution in [3.8, 4) is 0 Å². The van der Waals surface area contributed by atoms with Crippen molar-refractivity contribution in [1.29, 1.82) is 0 Å². The summed E-state index contributed by atoms with van der Waals surface area (Å²) in [7, 11) is 1.67. The summed E-state index contributed by atoms with van der Waals surface area (Å²) in [6.45, 7) is 9.04. The summed E-state index contributed by atoms with van der Waals surface area (Å²) < 4.78 is 4.94. The van der Waals surface area contributed by atoms with E-state index in [1.807, 2.05) is 6.92 Å². The van der Waals surface area contributed by atoms with Crippen molar-refractivity contribution in [2.24, 2.45) is 5.92 Å². The molecule has 0 atom stereocenters. The molecule has 1 rings (SSSR count). The number of aryl methyl sites for hydroxylation is 1. The fourth-order valence-corrected chi connectivity index (χ4v) is 2.68. The molecule has 2 N–H and O–H groups in total. The van der Waals surface area contributed by atoms with Crippen molar-refractivity contribution < 1.29 is 9.53 Å². The first-order chi connectivity index (χ1) is 9.54. The zero-order chi connectivity index (χ0) is 15.0. The number of methoxy groups -OCH3 is 1. The van der Waals surface area contributed by atoms with Crippen LogP contribution in [0.4, 0.5) is 0 Å². The van der Waals surface area contributed by atoms with Crippen molar-refractivity contribution in [3.05, 3.63) is 15.6 Å². The molecule has 5 nitrogen and oxygen atoms in total. The van der Waals surface area contributed by atoms with Gasteiger partial charge in [-0.05, 0) is 19.3 Å². The third kappa shape index (κ3) is 8.90. The van der Waals surface area contributed by atoms with Gasteiger partial charge >= 0.3 is 0 Å². The Morgan fingerprint density at radius 2 is 1.95 bits per heavy atom. The van der Waals surface area contributed by atoms with Crippen LogP contribution in [0.15, 0.2) is 0 Å². The minimum atomic E-state index is -0.0141. The lowest BCUT2D eigenvalue weighted by molar-refractivity contribution is 0.0956. The fourth-order valence-electron chi connectivity index (χ4n) is 1.82. The zero-order valence-electron chi connectivity index (χ0n) is 13.6. The maximum atomic E-state index is 12.2. The Labute approximate surface area is 149 Å². The van der Waals surface area contributed by atoms with Crippen molar-refractivity contribution in [3.63, 3.8) is 0 Å². The summed E-state index contributed by atoms with van der Waals surface area (Å²) in [5, 5.41) is 7.07. The van der Waals surface area contributed by atoms with Crippen LogP contribution in [-0.2, 0) is 11.2 Å². The molecule has 0 aliphatic carbocycles. The first-order valence-electron chi connectivity index (χ1n) is 6.98. The molecule has 0 aliphatic heterocycles. The third-order valence-corrected chi connectivity index (χ3v) is 3.69. The number of carbonyl (C=O) groups is 1. The quantitative estimate of drug-likeness (QED) is 0.654. The van der Waals surface area contributed by atoms with Crippen molar-refractivity contribution in [2.75, 3.05) is 33.4 Å². The lowest BCUT2D eigenvalue weighted by atomic mass is 10.1. The van der Waals surface area contributed by atoms with Crippen LogP contribution in [-0.4, -0.2) is 44.2 Å². The molecule has 0 spiro atoms. The minimum absolute atomic E-state index is 0. The lowest BCUT2D eigenvalue weighted by Crippen LogP contribution is -2.33. The molecule has 130 valence electrons. The second kappa shape index (κ2) is 13.1. The Bertz CT molecular complexity index is 428. The molecular formula is C14H27Cl2N3O2S. The average Bonchev–Trinajstić information content (AvgIpc) is 2.73. The van der Waals surface area contributed by atoms with E-state index < -0.39 is 0 Å². The van der Waals surface area contributed by atoms with Crippen LogP contribution < -0.4 is 10.6 Å². The van der Waals surface area contributed by atoms with Crippen molar-refractivity contribution >= 4 is 42.1 Å². The molecule has 0 saturated heterocycles. The number of halogens is 2. The number of nitrogens with zero attached hydrogens (tertiary/aromatic N) is 1. The number of thiazole rings is 1. The van der Waals surface area contributed by atoms with E-state index in [9.17, 15) is 4.79 Å². The molecule has 0 aromatic carbocycles. The summed E-state index contributed by atoms with van der Waals surface area (Å²) in [5.74, 6) is 0.485. The SMILES string of the molecule is COCCNCCNC(=O)c1sc(C)nc1CC(C)C.Cl.Cl. The summed E-state index contributed by atoms with van der Waals surface area (Å²) in [6, 6.07) is 0. The van der Waals surface area contributed by atoms with Gasteiger partial charge in [-0.2, -0.15) is 0 Å². The standard InChI is InChI=1S/C14H25N3O2S.2ClH/c1-10(2)9-12-13(20-11(3)17-12)14(18)16-6-5-15-7-8-19-4;;/h10,15H,5-9H2,1-4H3,(H,16,18);2*1H. The molecule has 0 unspecified atom stereocenters. The highest BCUT2D eigenvalue weighted by Crippen LogP contribution is 2.20. The lowest BCUT2D eigenvalue weighted by Gasteiger charge is -2.07. The number of amides is 1. The highest BCUT2D eigenvalue weighted by atomic mass is 35.5. The normalized spacial score (nSPS) is 10.0. The minimum Gasteiger partial charge on any atom is -0.383 e. The summed E-state index contributed by atoms with van der Waals surface area (Å²) in [4.78, 5) is 17.4. The Hall–Kier alpha value is -0.400. The number of aromatic nitrogens is 1. The van der Waals surface area contributed by atoms with Crippen LogP contribution in [0.3, 0.4) is 0 Å². The van der Waals surface area contributed by atoms with Gasteiger partial charge in [-0.25, -0.2) is 4.98 Å². The highest BCUT2D eigenvalue weighted by molar-refractivity contribution is 7.13. The molecule has 0 aliphatic rings. The van der Waals surface area contributed by atoms with Crippen LogP contribution in [0, 0.1) is 12.8 Å². The summed E-state index contributed by atoms with van der Waals surface area (Å²) in [5.41, 5.74) is 0.923. The topological polar surface area (TPSA) is 63.2 Å². The zero-order valence-corrected chi connectivity index (χ0v) is 16.1. The number of nitrogens with one attached hydrogen (secondary N) is 2. The smallest absolute Gasteiger partial charge is 0.263 e. The molecule has 8 heteroatoms. The number of carbonyl (C=O) groups excluding carboxylic acids is 1. The average molecular weight is 372 g/mol. The molecule has 0 radical (unpaired) electrons. The third-order valence-electron chi connectivity index (χ3n) is 2.68. The van der Waals surface area contributed by atoms with Gasteiger partial charge in [-0.1, -0.05) is 13.8 Å². The number of ether oxygens (including phenoxy) is 1. The second-order valence-electron chi connectivity index (χ2n) is 5.11. The Morgan fingerprint density at radius 1 is 1.27 bits per heavy atom. The summed E-state index contributed by atoms with van der Waals surface area (Å²) >= 11 is 1.47. The van der Waals surface area contributed by atoms with E-state index in [-0.39, 0.29) is 30.7 Å². The molecule has 1 aromatic heterocycles. The Morgan fingerprint density at radius 3 is 2.55 bits per heavy atom. The van der Waals surface area contributed by atoms with E-state index in [2.05, 4.69) is 29.5 Å². The van der Waals surface area contributed by atoms with E-state index >= 15 is 0 Å². The largest absolute Gasteiger partial charge is 0.383 e. The predicted molar refractivity (Wildman–Crippen MR) is 97.0 cm³/mol. The van der Waals surface area contributed by atoms with Crippen molar-refractivity contribution in [2.45, 2.75) is 27.2 Å². The number of rotatable bonds is 9. The first-order valence-corrected chi connectivity index (χ1v) is 7.80. The number of hydrogen-bond donors (Lipinski definition) is 2. The number of hydrogen-bond acceptors (Lipinski definition) is 5. The monoisotopic (exact) mass is 371 g/mol. The van der Waals surface area contributed by atoms with E-state index in [1.165, 1.54) is 11.3 Å². The van der Waals surface area contributed by atoms with Gasteiger partial charge in [0.25, 0.3) is 5.91 Å². The van der Waals surface area contributed by atoms with Gasteiger partial charge in [0.05, 0.1) is 17.3 Å². The highest BCUT2D eigenvalue weighted by Gasteiger charge is 2.16. The van der Waals surface area contributed by atoms with Gasteiger partial charge in [0.15, 0.2) is 0 Å². The van der Waals surface area contributed by atoms with E-state index in [0.717, 1.165) is 35.1 Å². The van der Waals surface area contributed by atoms with Gasteiger partial charge in [-0.3, -0.25) is 4.79 Å². The van der Waals surface area contributed by atoms with Gasteiger partial charge in [-0.15, -0.1) is 36.2 Å². The van der Waals surface area contributed by atoms with Crippen molar-refractivity contribution in [1.82, 2.24) is 15.6 Å². The Balaban J connectivity index is 0.